The zero-order valence-electron chi connectivity index (χ0n) is 26.2. The Morgan fingerprint density at radius 3 is 1.05 bits per heavy atom. The van der Waals surface area contributed by atoms with E-state index in [9.17, 15) is 9.59 Å². The Labute approximate surface area is 247 Å². The Morgan fingerprint density at radius 2 is 0.700 bits per heavy atom. The lowest BCUT2D eigenvalue weighted by atomic mass is 10.1. The molecule has 0 unspecified atom stereocenters. The molecular weight excluding hydrogens is 496 g/mol. The molecule has 0 amide bonds. The maximum atomic E-state index is 11.8. The highest BCUT2D eigenvalue weighted by Crippen LogP contribution is 2.11. The van der Waals surface area contributed by atoms with Crippen LogP contribution in [-0.2, 0) is 19.4 Å². The molecule has 0 spiro atoms. The second-order valence-electron chi connectivity index (χ2n) is 10.9. The molecule has 0 aromatic heterocycles. The minimum atomic E-state index is -0.445. The van der Waals surface area contributed by atoms with Gasteiger partial charge in [0.2, 0.25) is 0 Å². The molecule has 0 atom stereocenters. The van der Waals surface area contributed by atoms with E-state index in [2.05, 4.69) is 72.2 Å². The van der Waals surface area contributed by atoms with E-state index in [4.69, 9.17) is 0 Å². The van der Waals surface area contributed by atoms with Crippen LogP contribution in [0.4, 0.5) is 0 Å². The molecule has 0 aliphatic rings. The summed E-state index contributed by atoms with van der Waals surface area (Å²) >= 11 is 0. The van der Waals surface area contributed by atoms with Gasteiger partial charge in [-0.15, -0.1) is 0 Å². The van der Waals surface area contributed by atoms with Gasteiger partial charge in [0.25, 0.3) is 0 Å². The van der Waals surface area contributed by atoms with Crippen LogP contribution in [-0.4, -0.2) is 11.9 Å². The van der Waals surface area contributed by atoms with Crippen molar-refractivity contribution in [2.24, 2.45) is 0 Å². The molecule has 0 heterocycles. The predicted molar refractivity (Wildman–Crippen MR) is 171 cm³/mol. The average Bonchev–Trinajstić information content (AvgIpc) is 2.96. The predicted octanol–water partition coefficient (Wildman–Crippen LogP) is 11.6. The van der Waals surface area contributed by atoms with Crippen LogP contribution in [0.2, 0.25) is 0 Å². The van der Waals surface area contributed by atoms with E-state index < -0.39 is 11.9 Å². The van der Waals surface area contributed by atoms with Crippen molar-refractivity contribution in [3.63, 3.8) is 0 Å². The summed E-state index contributed by atoms with van der Waals surface area (Å²) in [5.41, 5.74) is 0. The Morgan fingerprint density at radius 1 is 0.400 bits per heavy atom. The fourth-order valence-corrected chi connectivity index (χ4v) is 4.34. The summed E-state index contributed by atoms with van der Waals surface area (Å²) in [7, 11) is 0. The fourth-order valence-electron chi connectivity index (χ4n) is 4.34. The van der Waals surface area contributed by atoms with Crippen LogP contribution < -0.4 is 0 Å². The molecule has 0 aliphatic carbocycles. The maximum absolute atomic E-state index is 11.8. The van der Waals surface area contributed by atoms with Gasteiger partial charge in [-0.05, 0) is 77.0 Å². The van der Waals surface area contributed by atoms with Crippen LogP contribution in [0.15, 0.2) is 48.6 Å². The van der Waals surface area contributed by atoms with Gasteiger partial charge in [0.05, 0.1) is 12.8 Å². The lowest BCUT2D eigenvalue weighted by Gasteiger charge is -2.04. The number of allylic oxidation sites excluding steroid dienone is 8. The van der Waals surface area contributed by atoms with Crippen LogP contribution in [0.25, 0.3) is 0 Å². The van der Waals surface area contributed by atoms with Gasteiger partial charge in [0, 0.05) is 0 Å². The van der Waals surface area contributed by atoms with Gasteiger partial charge in [0.15, 0.2) is 0 Å². The van der Waals surface area contributed by atoms with E-state index in [1.165, 1.54) is 77.0 Å². The first kappa shape index (κ1) is 37.9. The third-order valence-electron chi connectivity index (χ3n) is 6.89. The van der Waals surface area contributed by atoms with Crippen molar-refractivity contribution in [3.05, 3.63) is 48.6 Å². The van der Waals surface area contributed by atoms with Crippen LogP contribution in [0, 0.1) is 0 Å². The van der Waals surface area contributed by atoms with Crippen molar-refractivity contribution in [3.8, 4) is 0 Å². The van der Waals surface area contributed by atoms with Gasteiger partial charge < -0.3 is 0 Å². The van der Waals surface area contributed by atoms with E-state index in [0.29, 0.717) is 12.8 Å². The first-order valence-electron chi connectivity index (χ1n) is 16.7. The van der Waals surface area contributed by atoms with Crippen molar-refractivity contribution in [1.82, 2.24) is 0 Å². The Balaban J connectivity index is 3.42. The van der Waals surface area contributed by atoms with Gasteiger partial charge in [-0.3, -0.25) is 0 Å². The SMILES string of the molecule is CCCCCC=CCC=CCCCCCCCC(=O)OOC(=O)CCCCCCCC=CCC=CCCCCC. The summed E-state index contributed by atoms with van der Waals surface area (Å²) in [6, 6.07) is 0. The molecule has 0 saturated heterocycles. The van der Waals surface area contributed by atoms with E-state index >= 15 is 0 Å². The van der Waals surface area contributed by atoms with Crippen molar-refractivity contribution in [1.29, 1.82) is 0 Å². The largest absolute Gasteiger partial charge is 0.355 e. The minimum Gasteiger partial charge on any atom is -0.247 e. The van der Waals surface area contributed by atoms with Crippen LogP contribution in [0.1, 0.15) is 168 Å². The van der Waals surface area contributed by atoms with Gasteiger partial charge in [-0.25, -0.2) is 19.4 Å². The monoisotopic (exact) mass is 558 g/mol. The topological polar surface area (TPSA) is 52.6 Å². The van der Waals surface area contributed by atoms with Crippen molar-refractivity contribution < 1.29 is 19.4 Å². The fraction of sp³-hybridized carbons (Fsp3) is 0.722. The van der Waals surface area contributed by atoms with E-state index in [0.717, 1.165) is 64.2 Å². The standard InChI is InChI=1S/C36H62O4/c1-3-5-7-9-11-13-15-17-19-21-23-25-27-29-31-33-35(37)39-40-36(38)34-32-30-28-26-24-22-20-18-16-14-12-10-8-6-4-2/h11-14,17-20H,3-10,15-16,21-34H2,1-2H3. The van der Waals surface area contributed by atoms with Crippen molar-refractivity contribution in [2.45, 2.75) is 168 Å². The van der Waals surface area contributed by atoms with Gasteiger partial charge in [-0.2, -0.15) is 0 Å². The molecule has 0 aromatic carbocycles. The third-order valence-corrected chi connectivity index (χ3v) is 6.89. The van der Waals surface area contributed by atoms with Crippen molar-refractivity contribution >= 4 is 11.9 Å². The highest BCUT2D eigenvalue weighted by atomic mass is 17.2. The van der Waals surface area contributed by atoms with Gasteiger partial charge >= 0.3 is 11.9 Å². The molecule has 0 saturated carbocycles. The van der Waals surface area contributed by atoms with Crippen LogP contribution >= 0.6 is 0 Å². The molecule has 0 fully saturated rings. The number of rotatable bonds is 28. The van der Waals surface area contributed by atoms with Gasteiger partial charge in [0.1, 0.15) is 0 Å². The van der Waals surface area contributed by atoms with Crippen LogP contribution in [0.5, 0.6) is 0 Å². The Kier molecular flexibility index (Phi) is 31.4. The number of hydrogen-bond acceptors (Lipinski definition) is 4. The lowest BCUT2D eigenvalue weighted by molar-refractivity contribution is -0.259. The summed E-state index contributed by atoms with van der Waals surface area (Å²) < 4.78 is 0. The van der Waals surface area contributed by atoms with E-state index in [-0.39, 0.29) is 0 Å². The highest BCUT2D eigenvalue weighted by molar-refractivity contribution is 5.72. The van der Waals surface area contributed by atoms with E-state index in [1.807, 2.05) is 0 Å². The molecular formula is C36H62O4. The second kappa shape index (κ2) is 33.1. The van der Waals surface area contributed by atoms with Gasteiger partial charge in [-0.1, -0.05) is 127 Å². The Hall–Kier alpha value is -2.10. The zero-order valence-corrected chi connectivity index (χ0v) is 26.2. The summed E-state index contributed by atoms with van der Waals surface area (Å²) in [5.74, 6) is -0.891. The highest BCUT2D eigenvalue weighted by Gasteiger charge is 2.09. The third kappa shape index (κ3) is 32.1. The second-order valence-corrected chi connectivity index (χ2v) is 10.9. The smallest absolute Gasteiger partial charge is 0.247 e. The summed E-state index contributed by atoms with van der Waals surface area (Å²) in [4.78, 5) is 32.9. The average molecular weight is 559 g/mol. The number of unbranched alkanes of at least 4 members (excludes halogenated alkanes) is 16. The normalized spacial score (nSPS) is 11.9. The quantitative estimate of drug-likeness (QED) is 0.0415. The molecule has 4 nitrogen and oxygen atoms in total. The number of carbonyl (C=O) groups excluding carboxylic acids is 2. The molecule has 230 valence electrons. The molecule has 40 heavy (non-hydrogen) atoms. The number of hydrogen-bond donors (Lipinski definition) is 0. The minimum absolute atomic E-state index is 0.307. The molecule has 0 N–H and O–H groups in total. The molecule has 0 radical (unpaired) electrons. The molecule has 0 rings (SSSR count). The molecule has 0 aromatic rings. The van der Waals surface area contributed by atoms with Crippen LogP contribution in [0.3, 0.4) is 0 Å². The van der Waals surface area contributed by atoms with E-state index in [1.54, 1.807) is 0 Å². The first-order chi connectivity index (χ1) is 19.7. The summed E-state index contributed by atoms with van der Waals surface area (Å²) in [6.07, 6.45) is 43.8. The maximum Gasteiger partial charge on any atom is 0.355 e. The summed E-state index contributed by atoms with van der Waals surface area (Å²) in [6.45, 7) is 4.47. The summed E-state index contributed by atoms with van der Waals surface area (Å²) in [5, 5.41) is 0. The number of carbonyl (C=O) groups is 2. The first-order valence-corrected chi connectivity index (χ1v) is 16.7. The Bertz CT molecular complexity index is 616. The zero-order chi connectivity index (χ0) is 29.2. The molecule has 4 heteroatoms. The van der Waals surface area contributed by atoms with Crippen molar-refractivity contribution in [2.75, 3.05) is 0 Å². The lowest BCUT2D eigenvalue weighted by Crippen LogP contribution is -2.11. The molecule has 0 aliphatic heterocycles. The molecule has 0 bridgehead atoms.